The lowest BCUT2D eigenvalue weighted by atomic mass is 9.90. The second kappa shape index (κ2) is 6.11. The highest BCUT2D eigenvalue weighted by Crippen LogP contribution is 2.29. The van der Waals surface area contributed by atoms with E-state index in [-0.39, 0.29) is 23.9 Å². The van der Waals surface area contributed by atoms with E-state index in [1.807, 2.05) is 9.80 Å². The number of nitrogens with zero attached hydrogens (tertiary/aromatic N) is 2. The van der Waals surface area contributed by atoms with Crippen LogP contribution >= 0.6 is 12.4 Å². The Hall–Kier alpha value is -0.480. The van der Waals surface area contributed by atoms with Gasteiger partial charge in [-0.2, -0.15) is 0 Å². The highest BCUT2D eigenvalue weighted by molar-refractivity contribution is 5.85. The first kappa shape index (κ1) is 15.6. The van der Waals surface area contributed by atoms with E-state index >= 15 is 0 Å². The SMILES string of the molecule is CC1CCN(C(=O)N2CCC(C)(CN)C2)CC1.Cl. The molecular formula is C13H26ClN3O. The van der Waals surface area contributed by atoms with Crippen molar-refractivity contribution < 1.29 is 4.79 Å². The lowest BCUT2D eigenvalue weighted by Gasteiger charge is -2.34. The largest absolute Gasteiger partial charge is 0.330 e. The van der Waals surface area contributed by atoms with Crippen LogP contribution in [0.3, 0.4) is 0 Å². The second-order valence-corrected chi connectivity index (χ2v) is 6.14. The zero-order valence-corrected chi connectivity index (χ0v) is 12.3. The van der Waals surface area contributed by atoms with Gasteiger partial charge in [-0.05, 0) is 37.1 Å². The van der Waals surface area contributed by atoms with Crippen LogP contribution in [0.5, 0.6) is 0 Å². The Balaban J connectivity index is 0.00000162. The maximum atomic E-state index is 12.3. The van der Waals surface area contributed by atoms with Gasteiger partial charge < -0.3 is 15.5 Å². The van der Waals surface area contributed by atoms with Gasteiger partial charge in [0.15, 0.2) is 0 Å². The molecule has 0 aromatic rings. The van der Waals surface area contributed by atoms with Crippen LogP contribution in [0.4, 0.5) is 4.79 Å². The van der Waals surface area contributed by atoms with E-state index in [2.05, 4.69) is 13.8 Å². The molecular weight excluding hydrogens is 250 g/mol. The van der Waals surface area contributed by atoms with Gasteiger partial charge in [-0.25, -0.2) is 4.79 Å². The van der Waals surface area contributed by atoms with Crippen LogP contribution < -0.4 is 5.73 Å². The number of hydrogen-bond acceptors (Lipinski definition) is 2. The third-order valence-corrected chi connectivity index (χ3v) is 4.38. The van der Waals surface area contributed by atoms with Gasteiger partial charge in [0.05, 0.1) is 0 Å². The fraction of sp³-hybridized carbons (Fsp3) is 0.923. The first-order valence-corrected chi connectivity index (χ1v) is 6.78. The smallest absolute Gasteiger partial charge is 0.320 e. The van der Waals surface area contributed by atoms with Gasteiger partial charge in [-0.1, -0.05) is 13.8 Å². The van der Waals surface area contributed by atoms with Crippen LogP contribution in [0.2, 0.25) is 0 Å². The van der Waals surface area contributed by atoms with Crippen molar-refractivity contribution in [2.24, 2.45) is 17.1 Å². The van der Waals surface area contributed by atoms with Crippen molar-refractivity contribution in [3.8, 4) is 0 Å². The molecule has 1 unspecified atom stereocenters. The highest BCUT2D eigenvalue weighted by Gasteiger charge is 2.36. The van der Waals surface area contributed by atoms with E-state index in [1.54, 1.807) is 0 Å². The van der Waals surface area contributed by atoms with E-state index in [1.165, 1.54) is 0 Å². The summed E-state index contributed by atoms with van der Waals surface area (Å²) in [6, 6.07) is 0.231. The van der Waals surface area contributed by atoms with Crippen LogP contribution in [0.15, 0.2) is 0 Å². The topological polar surface area (TPSA) is 49.6 Å². The quantitative estimate of drug-likeness (QED) is 0.795. The maximum absolute atomic E-state index is 12.3. The minimum Gasteiger partial charge on any atom is -0.330 e. The van der Waals surface area contributed by atoms with Gasteiger partial charge in [-0.3, -0.25) is 0 Å². The van der Waals surface area contributed by atoms with Crippen molar-refractivity contribution in [1.29, 1.82) is 0 Å². The number of likely N-dealkylation sites (tertiary alicyclic amines) is 2. The molecule has 2 saturated heterocycles. The van der Waals surface area contributed by atoms with Crippen molar-refractivity contribution in [1.82, 2.24) is 9.80 Å². The zero-order chi connectivity index (χ0) is 12.5. The minimum absolute atomic E-state index is 0. The van der Waals surface area contributed by atoms with Gasteiger partial charge in [0.1, 0.15) is 0 Å². The van der Waals surface area contributed by atoms with Gasteiger partial charge in [0, 0.05) is 26.2 Å². The normalized spacial score (nSPS) is 29.3. The molecule has 0 spiro atoms. The number of carbonyl (C=O) groups excluding carboxylic acids is 1. The molecule has 2 heterocycles. The molecule has 2 N–H and O–H groups in total. The molecule has 1 atom stereocenters. The number of halogens is 1. The highest BCUT2D eigenvalue weighted by atomic mass is 35.5. The summed E-state index contributed by atoms with van der Waals surface area (Å²) in [4.78, 5) is 16.3. The first-order valence-electron chi connectivity index (χ1n) is 6.78. The molecule has 18 heavy (non-hydrogen) atoms. The van der Waals surface area contributed by atoms with Crippen molar-refractivity contribution in [3.63, 3.8) is 0 Å². The number of hydrogen-bond donors (Lipinski definition) is 1. The van der Waals surface area contributed by atoms with Crippen LogP contribution in [-0.2, 0) is 0 Å². The lowest BCUT2D eigenvalue weighted by Crippen LogP contribution is -2.46. The summed E-state index contributed by atoms with van der Waals surface area (Å²) in [5, 5.41) is 0. The molecule has 2 fully saturated rings. The molecule has 0 bridgehead atoms. The molecule has 0 aromatic heterocycles. The monoisotopic (exact) mass is 275 g/mol. The molecule has 5 heteroatoms. The molecule has 2 aliphatic rings. The number of urea groups is 1. The number of carbonyl (C=O) groups is 1. The number of rotatable bonds is 1. The third-order valence-electron chi connectivity index (χ3n) is 4.38. The Morgan fingerprint density at radius 3 is 2.39 bits per heavy atom. The average molecular weight is 276 g/mol. The number of piperidine rings is 1. The molecule has 0 aliphatic carbocycles. The maximum Gasteiger partial charge on any atom is 0.320 e. The number of amides is 2. The van der Waals surface area contributed by atoms with Gasteiger partial charge in [0.25, 0.3) is 0 Å². The average Bonchev–Trinajstić information content (AvgIpc) is 2.73. The molecule has 4 nitrogen and oxygen atoms in total. The molecule has 2 rings (SSSR count). The Morgan fingerprint density at radius 1 is 1.28 bits per heavy atom. The van der Waals surface area contributed by atoms with Crippen molar-refractivity contribution >= 4 is 18.4 Å². The van der Waals surface area contributed by atoms with Crippen LogP contribution in [0, 0.1) is 11.3 Å². The molecule has 2 amide bonds. The predicted octanol–water partition coefficient (Wildman–Crippen LogP) is 1.93. The van der Waals surface area contributed by atoms with Gasteiger partial charge >= 0.3 is 6.03 Å². The van der Waals surface area contributed by atoms with Crippen molar-refractivity contribution in [2.75, 3.05) is 32.7 Å². The van der Waals surface area contributed by atoms with E-state index < -0.39 is 0 Å². The van der Waals surface area contributed by atoms with Crippen LogP contribution in [0.1, 0.15) is 33.1 Å². The van der Waals surface area contributed by atoms with Crippen LogP contribution in [-0.4, -0.2) is 48.6 Å². The summed E-state index contributed by atoms with van der Waals surface area (Å²) in [5.41, 5.74) is 5.91. The minimum atomic E-state index is 0. The van der Waals surface area contributed by atoms with Crippen molar-refractivity contribution in [3.05, 3.63) is 0 Å². The van der Waals surface area contributed by atoms with Crippen molar-refractivity contribution in [2.45, 2.75) is 33.1 Å². The van der Waals surface area contributed by atoms with E-state index in [0.29, 0.717) is 6.54 Å². The van der Waals surface area contributed by atoms with E-state index in [9.17, 15) is 4.79 Å². The molecule has 0 radical (unpaired) electrons. The van der Waals surface area contributed by atoms with E-state index in [4.69, 9.17) is 5.73 Å². The summed E-state index contributed by atoms with van der Waals surface area (Å²) >= 11 is 0. The lowest BCUT2D eigenvalue weighted by molar-refractivity contribution is 0.139. The summed E-state index contributed by atoms with van der Waals surface area (Å²) < 4.78 is 0. The first-order chi connectivity index (χ1) is 8.04. The predicted molar refractivity (Wildman–Crippen MR) is 76.0 cm³/mol. The summed E-state index contributed by atoms with van der Waals surface area (Å²) in [6.07, 6.45) is 3.33. The Kier molecular flexibility index (Phi) is 5.29. The fourth-order valence-corrected chi connectivity index (χ4v) is 2.75. The molecule has 0 saturated carbocycles. The van der Waals surface area contributed by atoms with E-state index in [0.717, 1.165) is 51.4 Å². The van der Waals surface area contributed by atoms with Gasteiger partial charge in [0.2, 0.25) is 0 Å². The molecule has 0 aromatic carbocycles. The fourth-order valence-electron chi connectivity index (χ4n) is 2.75. The summed E-state index contributed by atoms with van der Waals surface area (Å²) in [6.45, 7) is 8.67. The zero-order valence-electron chi connectivity index (χ0n) is 11.5. The summed E-state index contributed by atoms with van der Waals surface area (Å²) in [7, 11) is 0. The summed E-state index contributed by atoms with van der Waals surface area (Å²) in [5.74, 6) is 0.770. The second-order valence-electron chi connectivity index (χ2n) is 6.14. The number of nitrogens with two attached hydrogens (primary N) is 1. The standard InChI is InChI=1S/C13H25N3O.ClH/c1-11-3-6-15(7-4-11)12(17)16-8-5-13(2,9-14)10-16;/h11H,3-10,14H2,1-2H3;1H. The Labute approximate surface area is 116 Å². The van der Waals surface area contributed by atoms with Crippen LogP contribution in [0.25, 0.3) is 0 Å². The molecule has 106 valence electrons. The van der Waals surface area contributed by atoms with Gasteiger partial charge in [-0.15, -0.1) is 12.4 Å². The molecule has 2 aliphatic heterocycles. The Morgan fingerprint density at radius 2 is 1.89 bits per heavy atom. The Bertz CT molecular complexity index is 292. The third kappa shape index (κ3) is 3.29.